The van der Waals surface area contributed by atoms with Crippen LogP contribution >= 0.6 is 0 Å². The Bertz CT molecular complexity index is 1220. The van der Waals surface area contributed by atoms with Gasteiger partial charge in [0.25, 0.3) is 0 Å². The van der Waals surface area contributed by atoms with Gasteiger partial charge in [0, 0.05) is 31.5 Å². The number of likely N-dealkylation sites (tertiary alicyclic amines) is 1. The lowest BCUT2D eigenvalue weighted by molar-refractivity contribution is -0.144. The smallest absolute Gasteiger partial charge is 0.243 e. The molecule has 0 aromatic heterocycles. The van der Waals surface area contributed by atoms with Crippen LogP contribution in [0.5, 0.6) is 0 Å². The zero-order valence-corrected chi connectivity index (χ0v) is 23.4. The molecule has 0 bridgehead atoms. The number of hydrogen-bond acceptors (Lipinski definition) is 4. The SMILES string of the molecule is Cc1ccccc1CN(C(=O)CCN1C(=O)[C@H]2CC=CC[C@H]2C1=O)[C@@H](Cc1ccccc1)C(=O)NC(C)(C)C. The number of nitrogens with zero attached hydrogens (tertiary/aromatic N) is 2. The molecule has 1 aliphatic heterocycles. The van der Waals surface area contributed by atoms with E-state index in [0.717, 1.165) is 16.7 Å². The molecule has 2 aromatic rings. The van der Waals surface area contributed by atoms with Gasteiger partial charge in [0.2, 0.25) is 23.6 Å². The number of fused-ring (bicyclic) bond motifs is 1. The van der Waals surface area contributed by atoms with E-state index in [1.165, 1.54) is 4.90 Å². The van der Waals surface area contributed by atoms with Crippen molar-refractivity contribution in [1.29, 1.82) is 0 Å². The Morgan fingerprint density at radius 1 is 0.949 bits per heavy atom. The molecule has 2 aliphatic rings. The number of allylic oxidation sites excluding steroid dienone is 2. The van der Waals surface area contributed by atoms with E-state index in [1.807, 2.05) is 94.4 Å². The van der Waals surface area contributed by atoms with Crippen molar-refractivity contribution >= 4 is 23.6 Å². The van der Waals surface area contributed by atoms with Gasteiger partial charge in [-0.2, -0.15) is 0 Å². The molecule has 0 spiro atoms. The lowest BCUT2D eigenvalue weighted by Crippen LogP contribution is -2.54. The average molecular weight is 530 g/mol. The topological polar surface area (TPSA) is 86.8 Å². The van der Waals surface area contributed by atoms with E-state index < -0.39 is 11.6 Å². The Kier molecular flexibility index (Phi) is 8.68. The monoisotopic (exact) mass is 529 g/mol. The normalized spacial score (nSPS) is 19.5. The quantitative estimate of drug-likeness (QED) is 0.390. The highest BCUT2D eigenvalue weighted by Crippen LogP contribution is 2.35. The number of benzene rings is 2. The third-order valence-corrected chi connectivity index (χ3v) is 7.52. The second-order valence-corrected chi connectivity index (χ2v) is 11.6. The van der Waals surface area contributed by atoms with Gasteiger partial charge in [-0.05, 0) is 57.2 Å². The molecule has 3 atom stereocenters. The minimum Gasteiger partial charge on any atom is -0.350 e. The number of aryl methyl sites for hydroxylation is 1. The van der Waals surface area contributed by atoms with Crippen molar-refractivity contribution in [2.75, 3.05) is 6.54 Å². The highest BCUT2D eigenvalue weighted by atomic mass is 16.2. The number of carbonyl (C=O) groups is 4. The number of amides is 4. The summed E-state index contributed by atoms with van der Waals surface area (Å²) in [7, 11) is 0. The van der Waals surface area contributed by atoms with Crippen molar-refractivity contribution in [3.05, 3.63) is 83.4 Å². The van der Waals surface area contributed by atoms with Crippen LogP contribution in [0.4, 0.5) is 0 Å². The third-order valence-electron chi connectivity index (χ3n) is 7.52. The molecule has 1 aliphatic carbocycles. The van der Waals surface area contributed by atoms with Crippen LogP contribution in [0, 0.1) is 18.8 Å². The van der Waals surface area contributed by atoms with E-state index in [2.05, 4.69) is 5.32 Å². The standard InChI is InChI=1S/C32H39N3O4/c1-22-12-8-9-15-24(22)21-35(27(29(37)33-32(2,3)4)20-23-13-6-5-7-14-23)28(36)18-19-34-30(38)25-16-10-11-17-26(25)31(34)39/h5-15,25-27H,16-21H2,1-4H3,(H,33,37)/t25-,26+,27-/m0/s1. The molecular formula is C32H39N3O4. The molecule has 7 nitrogen and oxygen atoms in total. The molecule has 39 heavy (non-hydrogen) atoms. The van der Waals surface area contributed by atoms with E-state index in [1.54, 1.807) is 4.90 Å². The second kappa shape index (κ2) is 12.0. The predicted octanol–water partition coefficient (Wildman–Crippen LogP) is 4.19. The number of hydrogen-bond donors (Lipinski definition) is 1. The average Bonchev–Trinajstić information content (AvgIpc) is 3.14. The van der Waals surface area contributed by atoms with Gasteiger partial charge in [0.15, 0.2) is 0 Å². The first-order valence-electron chi connectivity index (χ1n) is 13.8. The van der Waals surface area contributed by atoms with Crippen LogP contribution in [0.25, 0.3) is 0 Å². The Morgan fingerprint density at radius 3 is 2.13 bits per heavy atom. The molecule has 4 amide bonds. The van der Waals surface area contributed by atoms with Crippen LogP contribution in [0.3, 0.4) is 0 Å². The van der Waals surface area contributed by atoms with E-state index in [0.29, 0.717) is 19.3 Å². The van der Waals surface area contributed by atoms with E-state index in [4.69, 9.17) is 0 Å². The van der Waals surface area contributed by atoms with Crippen molar-refractivity contribution < 1.29 is 19.2 Å². The molecule has 1 heterocycles. The molecular weight excluding hydrogens is 490 g/mol. The number of carbonyl (C=O) groups excluding carboxylic acids is 4. The molecule has 7 heteroatoms. The first-order valence-corrected chi connectivity index (χ1v) is 13.8. The van der Waals surface area contributed by atoms with Crippen LogP contribution in [-0.2, 0) is 32.1 Å². The first kappa shape index (κ1) is 28.3. The highest BCUT2D eigenvalue weighted by molar-refractivity contribution is 6.05. The van der Waals surface area contributed by atoms with Gasteiger partial charge in [-0.25, -0.2) is 0 Å². The van der Waals surface area contributed by atoms with E-state index in [-0.39, 0.29) is 55.0 Å². The van der Waals surface area contributed by atoms with E-state index in [9.17, 15) is 19.2 Å². The molecule has 206 valence electrons. The maximum absolute atomic E-state index is 13.9. The Labute approximate surface area is 231 Å². The molecule has 1 fully saturated rings. The molecule has 1 N–H and O–H groups in total. The van der Waals surface area contributed by atoms with Gasteiger partial charge < -0.3 is 10.2 Å². The summed E-state index contributed by atoms with van der Waals surface area (Å²) in [5.41, 5.74) is 2.42. The molecule has 1 saturated heterocycles. The van der Waals surface area contributed by atoms with E-state index >= 15 is 0 Å². The van der Waals surface area contributed by atoms with Crippen molar-refractivity contribution in [3.63, 3.8) is 0 Å². The van der Waals surface area contributed by atoms with Gasteiger partial charge in [-0.1, -0.05) is 66.7 Å². The van der Waals surface area contributed by atoms with Gasteiger partial charge in [-0.15, -0.1) is 0 Å². The second-order valence-electron chi connectivity index (χ2n) is 11.6. The minimum atomic E-state index is -0.768. The van der Waals surface area contributed by atoms with Crippen LogP contribution in [-0.4, -0.2) is 51.6 Å². The fourth-order valence-corrected chi connectivity index (χ4v) is 5.42. The Morgan fingerprint density at radius 2 is 1.54 bits per heavy atom. The van der Waals surface area contributed by atoms with Crippen LogP contribution < -0.4 is 5.32 Å². The molecule has 0 saturated carbocycles. The Balaban J connectivity index is 1.61. The van der Waals surface area contributed by atoms with Gasteiger partial charge >= 0.3 is 0 Å². The Hall–Kier alpha value is -3.74. The summed E-state index contributed by atoms with van der Waals surface area (Å²) < 4.78 is 0. The fraction of sp³-hybridized carbons (Fsp3) is 0.438. The summed E-state index contributed by atoms with van der Waals surface area (Å²) in [5, 5.41) is 3.06. The van der Waals surface area contributed by atoms with Gasteiger partial charge in [-0.3, -0.25) is 24.1 Å². The maximum Gasteiger partial charge on any atom is 0.243 e. The van der Waals surface area contributed by atoms with Gasteiger partial charge in [0.1, 0.15) is 6.04 Å². The summed E-state index contributed by atoms with van der Waals surface area (Å²) in [6.07, 6.45) is 5.33. The lowest BCUT2D eigenvalue weighted by Gasteiger charge is -2.34. The maximum atomic E-state index is 13.9. The number of rotatable bonds is 9. The lowest BCUT2D eigenvalue weighted by atomic mass is 9.85. The summed E-state index contributed by atoms with van der Waals surface area (Å²) in [4.78, 5) is 56.5. The zero-order chi connectivity index (χ0) is 28.2. The molecule has 4 rings (SSSR count). The van der Waals surface area contributed by atoms with Crippen LogP contribution in [0.1, 0.15) is 56.7 Å². The molecule has 2 aromatic carbocycles. The molecule has 0 unspecified atom stereocenters. The molecule has 0 radical (unpaired) electrons. The minimum absolute atomic E-state index is 0.0206. The highest BCUT2D eigenvalue weighted by Gasteiger charge is 2.47. The summed E-state index contributed by atoms with van der Waals surface area (Å²) in [5.74, 6) is -1.55. The van der Waals surface area contributed by atoms with Crippen LogP contribution in [0.2, 0.25) is 0 Å². The summed E-state index contributed by atoms with van der Waals surface area (Å²) in [6.45, 7) is 7.99. The van der Waals surface area contributed by atoms with Crippen molar-refractivity contribution in [1.82, 2.24) is 15.1 Å². The third kappa shape index (κ3) is 6.83. The summed E-state index contributed by atoms with van der Waals surface area (Å²) >= 11 is 0. The number of nitrogens with one attached hydrogen (secondary N) is 1. The van der Waals surface area contributed by atoms with Gasteiger partial charge in [0.05, 0.1) is 11.8 Å². The van der Waals surface area contributed by atoms with Crippen molar-refractivity contribution in [2.45, 2.75) is 71.5 Å². The van der Waals surface area contributed by atoms with Crippen molar-refractivity contribution in [3.8, 4) is 0 Å². The van der Waals surface area contributed by atoms with Crippen LogP contribution in [0.15, 0.2) is 66.7 Å². The fourth-order valence-electron chi connectivity index (χ4n) is 5.42. The summed E-state index contributed by atoms with van der Waals surface area (Å²) in [6, 6.07) is 16.7. The predicted molar refractivity (Wildman–Crippen MR) is 150 cm³/mol. The largest absolute Gasteiger partial charge is 0.350 e. The zero-order valence-electron chi connectivity index (χ0n) is 23.4. The number of imide groups is 1. The van der Waals surface area contributed by atoms with Crippen molar-refractivity contribution in [2.24, 2.45) is 11.8 Å². The first-order chi connectivity index (χ1) is 18.5.